The number of hydrogen-bond donors (Lipinski definition) is 2. The van der Waals surface area contributed by atoms with E-state index in [1.54, 1.807) is 0 Å². The molecule has 35 heavy (non-hydrogen) atoms. The Morgan fingerprint density at radius 2 is 1.74 bits per heavy atom. The first kappa shape index (κ1) is 21.4. The summed E-state index contributed by atoms with van der Waals surface area (Å²) in [6.07, 6.45) is 1.49. The van der Waals surface area contributed by atoms with Crippen molar-refractivity contribution < 1.29 is 9.21 Å². The fourth-order valence-corrected chi connectivity index (χ4v) is 4.35. The number of amides is 1. The average Bonchev–Trinajstić information content (AvgIpc) is 3.32. The lowest BCUT2D eigenvalue weighted by molar-refractivity contribution is 0.102. The van der Waals surface area contributed by atoms with Gasteiger partial charge in [0.15, 0.2) is 5.58 Å². The molecule has 174 valence electrons. The minimum atomic E-state index is -0.342. The predicted octanol–water partition coefficient (Wildman–Crippen LogP) is 4.10. The summed E-state index contributed by atoms with van der Waals surface area (Å²) in [6.45, 7) is 5.00. The second kappa shape index (κ2) is 9.25. The zero-order valence-corrected chi connectivity index (χ0v) is 19.1. The topological polar surface area (TPSA) is 96.2 Å². The van der Waals surface area contributed by atoms with Crippen LogP contribution in [-0.2, 0) is 6.54 Å². The van der Waals surface area contributed by atoms with E-state index in [4.69, 9.17) is 9.40 Å². The largest absolute Gasteiger partial charge is 0.436 e. The maximum Gasteiger partial charge on any atom is 0.275 e. The lowest BCUT2D eigenvalue weighted by Gasteiger charge is -2.27. The van der Waals surface area contributed by atoms with Crippen LogP contribution in [0.1, 0.15) is 16.1 Å². The van der Waals surface area contributed by atoms with Gasteiger partial charge in [-0.05, 0) is 42.0 Å². The summed E-state index contributed by atoms with van der Waals surface area (Å²) in [6, 6.07) is 21.1. The first-order valence-corrected chi connectivity index (χ1v) is 11.7. The molecule has 3 heterocycles. The monoisotopic (exact) mass is 464 g/mol. The van der Waals surface area contributed by atoms with Gasteiger partial charge in [0.05, 0.1) is 28.5 Å². The molecular formula is C27H24N6O2. The van der Waals surface area contributed by atoms with Crippen LogP contribution in [0, 0.1) is 0 Å². The number of para-hydroxylation sites is 3. The van der Waals surface area contributed by atoms with E-state index in [2.05, 4.69) is 37.6 Å². The molecule has 6 rings (SSSR count). The van der Waals surface area contributed by atoms with Crippen LogP contribution in [0.3, 0.4) is 0 Å². The number of fused-ring (bicyclic) bond motifs is 2. The highest BCUT2D eigenvalue weighted by atomic mass is 16.3. The molecule has 0 saturated carbocycles. The first-order valence-electron chi connectivity index (χ1n) is 11.7. The van der Waals surface area contributed by atoms with Crippen molar-refractivity contribution in [2.75, 3.05) is 31.5 Å². The third-order valence-corrected chi connectivity index (χ3v) is 6.15. The Kier molecular flexibility index (Phi) is 5.65. The molecule has 0 atom stereocenters. The maximum absolute atomic E-state index is 13.0. The number of piperazine rings is 1. The minimum Gasteiger partial charge on any atom is -0.436 e. The molecule has 3 aromatic carbocycles. The fraction of sp³-hybridized carbons (Fsp3) is 0.185. The number of nitrogens with one attached hydrogen (secondary N) is 2. The van der Waals surface area contributed by atoms with E-state index >= 15 is 0 Å². The Morgan fingerprint density at radius 3 is 2.63 bits per heavy atom. The van der Waals surface area contributed by atoms with Crippen LogP contribution in [0.5, 0.6) is 0 Å². The van der Waals surface area contributed by atoms with Crippen LogP contribution in [0.25, 0.3) is 33.6 Å². The molecular weight excluding hydrogens is 440 g/mol. The van der Waals surface area contributed by atoms with Crippen molar-refractivity contribution in [2.45, 2.75) is 6.54 Å². The number of carbonyl (C=O) groups is 1. The number of benzene rings is 3. The van der Waals surface area contributed by atoms with E-state index in [1.807, 2.05) is 54.6 Å². The Bertz CT molecular complexity index is 1520. The zero-order valence-electron chi connectivity index (χ0n) is 19.1. The van der Waals surface area contributed by atoms with Crippen molar-refractivity contribution in [3.63, 3.8) is 0 Å². The van der Waals surface area contributed by atoms with E-state index in [9.17, 15) is 4.79 Å². The predicted molar refractivity (Wildman–Crippen MR) is 135 cm³/mol. The average molecular weight is 465 g/mol. The molecule has 0 radical (unpaired) electrons. The highest BCUT2D eigenvalue weighted by Gasteiger charge is 2.17. The van der Waals surface area contributed by atoms with Gasteiger partial charge in [0, 0.05) is 32.7 Å². The molecule has 1 aliphatic heterocycles. The van der Waals surface area contributed by atoms with Crippen LogP contribution >= 0.6 is 0 Å². The Balaban J connectivity index is 1.26. The van der Waals surface area contributed by atoms with Gasteiger partial charge < -0.3 is 15.1 Å². The van der Waals surface area contributed by atoms with Gasteiger partial charge in [0.25, 0.3) is 5.91 Å². The molecule has 2 aromatic heterocycles. The van der Waals surface area contributed by atoms with Crippen LogP contribution < -0.4 is 10.6 Å². The maximum atomic E-state index is 13.0. The van der Waals surface area contributed by atoms with Gasteiger partial charge in [0.2, 0.25) is 5.89 Å². The second-order valence-electron chi connectivity index (χ2n) is 8.59. The highest BCUT2D eigenvalue weighted by Crippen LogP contribution is 2.31. The molecule has 5 aromatic rings. The quantitative estimate of drug-likeness (QED) is 0.404. The van der Waals surface area contributed by atoms with E-state index in [0.717, 1.165) is 43.8 Å². The molecule has 0 unspecified atom stereocenters. The van der Waals surface area contributed by atoms with Crippen molar-refractivity contribution >= 4 is 33.7 Å². The van der Waals surface area contributed by atoms with Crippen LogP contribution in [0.4, 0.5) is 5.69 Å². The molecule has 8 heteroatoms. The number of hydrogen-bond acceptors (Lipinski definition) is 7. The number of rotatable bonds is 5. The summed E-state index contributed by atoms with van der Waals surface area (Å²) in [5.41, 5.74) is 5.68. The van der Waals surface area contributed by atoms with E-state index in [-0.39, 0.29) is 11.6 Å². The molecule has 8 nitrogen and oxygen atoms in total. The molecule has 0 bridgehead atoms. The van der Waals surface area contributed by atoms with Crippen LogP contribution in [-0.4, -0.2) is 51.9 Å². The number of nitrogens with zero attached hydrogens (tertiary/aromatic N) is 4. The number of aromatic nitrogens is 3. The van der Waals surface area contributed by atoms with Crippen molar-refractivity contribution in [3.05, 3.63) is 84.2 Å². The van der Waals surface area contributed by atoms with Crippen LogP contribution in [0.15, 0.2) is 77.3 Å². The molecule has 0 spiro atoms. The number of oxazole rings is 1. The lowest BCUT2D eigenvalue weighted by atomic mass is 10.1. The SMILES string of the molecule is O=C(Nc1ccccc1-c1nc2cc(CN3CCNCC3)ccc2o1)c1cnc2ccccc2n1. The molecule has 1 amide bonds. The van der Waals surface area contributed by atoms with Crippen LogP contribution in [0.2, 0.25) is 0 Å². The summed E-state index contributed by atoms with van der Waals surface area (Å²) in [5, 5.41) is 6.33. The first-order chi connectivity index (χ1) is 17.2. The van der Waals surface area contributed by atoms with Gasteiger partial charge in [-0.2, -0.15) is 0 Å². The molecule has 1 fully saturated rings. The second-order valence-corrected chi connectivity index (χ2v) is 8.59. The van der Waals surface area contributed by atoms with Crippen molar-refractivity contribution in [1.82, 2.24) is 25.2 Å². The fourth-order valence-electron chi connectivity index (χ4n) is 4.35. The molecule has 1 aliphatic rings. The lowest BCUT2D eigenvalue weighted by Crippen LogP contribution is -2.42. The molecule has 2 N–H and O–H groups in total. The minimum absolute atomic E-state index is 0.244. The van der Waals surface area contributed by atoms with Crippen molar-refractivity contribution in [1.29, 1.82) is 0 Å². The van der Waals surface area contributed by atoms with Crippen molar-refractivity contribution in [3.8, 4) is 11.5 Å². The van der Waals surface area contributed by atoms with Gasteiger partial charge >= 0.3 is 0 Å². The summed E-state index contributed by atoms with van der Waals surface area (Å²) in [7, 11) is 0. The summed E-state index contributed by atoms with van der Waals surface area (Å²) in [5.74, 6) is 0.116. The summed E-state index contributed by atoms with van der Waals surface area (Å²) >= 11 is 0. The normalized spacial score (nSPS) is 14.4. The van der Waals surface area contributed by atoms with E-state index in [1.165, 1.54) is 11.8 Å². The highest BCUT2D eigenvalue weighted by molar-refractivity contribution is 6.05. The van der Waals surface area contributed by atoms with Gasteiger partial charge in [-0.3, -0.25) is 14.7 Å². The van der Waals surface area contributed by atoms with Crippen molar-refractivity contribution in [2.24, 2.45) is 0 Å². The Labute approximate surface area is 202 Å². The smallest absolute Gasteiger partial charge is 0.275 e. The number of anilines is 1. The summed E-state index contributed by atoms with van der Waals surface area (Å²) < 4.78 is 6.07. The van der Waals surface area contributed by atoms with Gasteiger partial charge in [-0.15, -0.1) is 0 Å². The Morgan fingerprint density at radius 1 is 0.943 bits per heavy atom. The molecule has 0 aliphatic carbocycles. The van der Waals surface area contributed by atoms with Gasteiger partial charge in [-0.25, -0.2) is 9.97 Å². The van der Waals surface area contributed by atoms with E-state index < -0.39 is 0 Å². The van der Waals surface area contributed by atoms with E-state index in [0.29, 0.717) is 28.2 Å². The third-order valence-electron chi connectivity index (χ3n) is 6.15. The standard InChI is InChI=1S/C27H24N6O2/c34-26(24-16-29-21-7-3-4-8-22(21)30-24)31-20-6-2-1-5-19(20)27-32-23-15-18(9-10-25(23)35-27)17-33-13-11-28-12-14-33/h1-10,15-16,28H,11-14,17H2,(H,31,34). The number of carbonyl (C=O) groups excluding carboxylic acids is 1. The Hall–Kier alpha value is -4.14. The van der Waals surface area contributed by atoms with Gasteiger partial charge in [0.1, 0.15) is 11.2 Å². The van der Waals surface area contributed by atoms with Gasteiger partial charge in [-0.1, -0.05) is 30.3 Å². The zero-order chi connectivity index (χ0) is 23.6. The summed E-state index contributed by atoms with van der Waals surface area (Å²) in [4.78, 5) is 28.9. The third kappa shape index (κ3) is 4.49. The molecule has 1 saturated heterocycles.